The first-order chi connectivity index (χ1) is 8.90. The van der Waals surface area contributed by atoms with Crippen molar-refractivity contribution in [2.24, 2.45) is 0 Å². The Labute approximate surface area is 114 Å². The van der Waals surface area contributed by atoms with Gasteiger partial charge < -0.3 is 5.73 Å². The van der Waals surface area contributed by atoms with Gasteiger partial charge in [-0.3, -0.25) is 0 Å². The van der Waals surface area contributed by atoms with Crippen LogP contribution in [0, 0.1) is 0 Å². The Morgan fingerprint density at radius 1 is 1.05 bits per heavy atom. The number of aromatic nitrogens is 2. The molecule has 0 aliphatic carbocycles. The number of hydrogen-bond donors (Lipinski definition) is 1. The minimum absolute atomic E-state index is 0.156. The smallest absolute Gasteiger partial charge is 0.161 e. The van der Waals surface area contributed by atoms with Gasteiger partial charge in [0.1, 0.15) is 5.82 Å². The third-order valence-corrected chi connectivity index (χ3v) is 3.17. The summed E-state index contributed by atoms with van der Waals surface area (Å²) < 4.78 is 0. The number of nitrogen functional groups attached to an aromatic ring is 1. The predicted molar refractivity (Wildman–Crippen MR) is 80.0 cm³/mol. The number of rotatable bonds is 2. The van der Waals surface area contributed by atoms with E-state index >= 15 is 0 Å². The van der Waals surface area contributed by atoms with Crippen LogP contribution in [0.25, 0.3) is 11.4 Å². The normalized spacial score (nSPS) is 11.6. The first kappa shape index (κ1) is 13.5. The minimum atomic E-state index is 0.156. The molecule has 0 saturated carbocycles. The fraction of sp³-hybridized carbons (Fsp3) is 0.375. The van der Waals surface area contributed by atoms with Gasteiger partial charge in [0.2, 0.25) is 0 Å². The maximum absolute atomic E-state index is 5.82. The van der Waals surface area contributed by atoms with Crippen LogP contribution in [0.4, 0.5) is 5.82 Å². The van der Waals surface area contributed by atoms with E-state index in [1.54, 1.807) is 0 Å². The molecule has 0 spiro atoms. The monoisotopic (exact) mass is 255 g/mol. The third-order valence-electron chi connectivity index (χ3n) is 3.17. The molecule has 2 N–H and O–H groups in total. The van der Waals surface area contributed by atoms with Crippen LogP contribution in [0.5, 0.6) is 0 Å². The highest BCUT2D eigenvalue weighted by atomic mass is 14.9. The van der Waals surface area contributed by atoms with Crippen molar-refractivity contribution in [2.75, 3.05) is 5.73 Å². The van der Waals surface area contributed by atoms with Crippen LogP contribution in [-0.4, -0.2) is 9.97 Å². The lowest BCUT2D eigenvalue weighted by atomic mass is 9.87. The Morgan fingerprint density at radius 2 is 1.68 bits per heavy atom. The molecule has 100 valence electrons. The van der Waals surface area contributed by atoms with Gasteiger partial charge in [-0.15, -0.1) is 0 Å². The molecule has 0 aliphatic rings. The van der Waals surface area contributed by atoms with Crippen LogP contribution in [0.15, 0.2) is 30.3 Å². The molecule has 0 atom stereocenters. The second-order valence-electron chi connectivity index (χ2n) is 5.79. The number of benzene rings is 1. The van der Waals surface area contributed by atoms with E-state index in [4.69, 9.17) is 5.73 Å². The lowest BCUT2D eigenvalue weighted by molar-refractivity contribution is 0.590. The lowest BCUT2D eigenvalue weighted by Gasteiger charge is -2.19. The zero-order chi connectivity index (χ0) is 14.0. The topological polar surface area (TPSA) is 51.8 Å². The third kappa shape index (κ3) is 3.11. The number of nitrogens with zero attached hydrogens (tertiary/aromatic N) is 2. The minimum Gasteiger partial charge on any atom is -0.384 e. The summed E-state index contributed by atoms with van der Waals surface area (Å²) in [6, 6.07) is 10.2. The molecule has 2 rings (SSSR count). The molecule has 1 aromatic heterocycles. The second-order valence-corrected chi connectivity index (χ2v) is 5.79. The van der Waals surface area contributed by atoms with Gasteiger partial charge in [-0.1, -0.05) is 52.0 Å². The zero-order valence-corrected chi connectivity index (χ0v) is 12.1. The van der Waals surface area contributed by atoms with Crippen LogP contribution in [0.3, 0.4) is 0 Å². The number of nitrogens with two attached hydrogens (primary N) is 1. The van der Waals surface area contributed by atoms with Crippen molar-refractivity contribution in [3.63, 3.8) is 0 Å². The van der Waals surface area contributed by atoms with E-state index in [0.717, 1.165) is 17.7 Å². The van der Waals surface area contributed by atoms with E-state index in [1.807, 2.05) is 6.07 Å². The molecule has 3 heteroatoms. The van der Waals surface area contributed by atoms with Crippen molar-refractivity contribution >= 4 is 5.82 Å². The molecule has 19 heavy (non-hydrogen) atoms. The summed E-state index contributed by atoms with van der Waals surface area (Å²) in [6.45, 7) is 8.67. The van der Waals surface area contributed by atoms with Crippen LogP contribution in [0.2, 0.25) is 0 Å². The van der Waals surface area contributed by atoms with E-state index in [1.165, 1.54) is 5.56 Å². The molecule has 1 heterocycles. The Hall–Kier alpha value is -1.90. The summed E-state index contributed by atoms with van der Waals surface area (Å²) in [6.07, 6.45) is 0.861. The first-order valence-corrected chi connectivity index (χ1v) is 6.64. The van der Waals surface area contributed by atoms with Crippen molar-refractivity contribution < 1.29 is 0 Å². The van der Waals surface area contributed by atoms with Gasteiger partial charge in [0.15, 0.2) is 5.82 Å². The summed E-state index contributed by atoms with van der Waals surface area (Å²) in [5, 5.41) is 0. The van der Waals surface area contributed by atoms with Crippen molar-refractivity contribution in [3.8, 4) is 11.4 Å². The molecule has 0 unspecified atom stereocenters. The molecule has 3 nitrogen and oxygen atoms in total. The average molecular weight is 255 g/mol. The van der Waals surface area contributed by atoms with Gasteiger partial charge in [-0.2, -0.15) is 0 Å². The van der Waals surface area contributed by atoms with E-state index in [2.05, 4.69) is 61.9 Å². The largest absolute Gasteiger partial charge is 0.384 e. The fourth-order valence-corrected chi connectivity index (χ4v) is 1.95. The van der Waals surface area contributed by atoms with Gasteiger partial charge in [-0.05, 0) is 17.4 Å². The van der Waals surface area contributed by atoms with Gasteiger partial charge in [0.05, 0.1) is 0 Å². The summed E-state index contributed by atoms with van der Waals surface area (Å²) in [7, 11) is 0. The Balaban J connectivity index is 2.40. The predicted octanol–water partition coefficient (Wildman–Crippen LogP) is 3.59. The molecular weight excluding hydrogens is 234 g/mol. The molecule has 2 aromatic rings. The standard InChI is InChI=1S/C16H21N3/c1-5-13-10-14(17)19-15(18-13)11-6-8-12(9-7-11)16(2,3)4/h6-10H,5H2,1-4H3,(H2,17,18,19). The molecule has 0 radical (unpaired) electrons. The number of hydrogen-bond acceptors (Lipinski definition) is 3. The molecule has 0 fully saturated rings. The summed E-state index contributed by atoms with van der Waals surface area (Å²) in [5.41, 5.74) is 9.26. The Bertz CT molecular complexity index is 566. The molecule has 0 saturated heterocycles. The maximum atomic E-state index is 5.82. The maximum Gasteiger partial charge on any atom is 0.161 e. The highest BCUT2D eigenvalue weighted by molar-refractivity contribution is 5.57. The van der Waals surface area contributed by atoms with Gasteiger partial charge in [0.25, 0.3) is 0 Å². The lowest BCUT2D eigenvalue weighted by Crippen LogP contribution is -2.10. The molecule has 0 aliphatic heterocycles. The second kappa shape index (κ2) is 5.00. The van der Waals surface area contributed by atoms with Gasteiger partial charge in [0, 0.05) is 17.3 Å². The van der Waals surface area contributed by atoms with Crippen molar-refractivity contribution in [3.05, 3.63) is 41.6 Å². The SMILES string of the molecule is CCc1cc(N)nc(-c2ccc(C(C)(C)C)cc2)n1. The van der Waals surface area contributed by atoms with Gasteiger partial charge >= 0.3 is 0 Å². The van der Waals surface area contributed by atoms with Crippen LogP contribution >= 0.6 is 0 Å². The van der Waals surface area contributed by atoms with E-state index in [-0.39, 0.29) is 5.41 Å². The molecule has 0 bridgehead atoms. The first-order valence-electron chi connectivity index (χ1n) is 6.64. The molecule has 1 aromatic carbocycles. The van der Waals surface area contributed by atoms with Crippen LogP contribution in [0.1, 0.15) is 39.0 Å². The average Bonchev–Trinajstić information content (AvgIpc) is 2.37. The highest BCUT2D eigenvalue weighted by Gasteiger charge is 2.13. The summed E-state index contributed by atoms with van der Waals surface area (Å²) >= 11 is 0. The quantitative estimate of drug-likeness (QED) is 0.892. The van der Waals surface area contributed by atoms with E-state index < -0.39 is 0 Å². The molecule has 0 amide bonds. The number of aryl methyl sites for hydroxylation is 1. The highest BCUT2D eigenvalue weighted by Crippen LogP contribution is 2.25. The summed E-state index contributed by atoms with van der Waals surface area (Å²) in [4.78, 5) is 8.83. The summed E-state index contributed by atoms with van der Waals surface area (Å²) in [5.74, 6) is 1.24. The Morgan fingerprint density at radius 3 is 2.21 bits per heavy atom. The number of anilines is 1. The van der Waals surface area contributed by atoms with E-state index in [9.17, 15) is 0 Å². The van der Waals surface area contributed by atoms with Gasteiger partial charge in [-0.25, -0.2) is 9.97 Å². The van der Waals surface area contributed by atoms with Crippen molar-refractivity contribution in [1.29, 1.82) is 0 Å². The molecular formula is C16H21N3. The van der Waals surface area contributed by atoms with E-state index in [0.29, 0.717) is 11.6 Å². The van der Waals surface area contributed by atoms with Crippen LogP contribution < -0.4 is 5.73 Å². The van der Waals surface area contributed by atoms with Crippen molar-refractivity contribution in [1.82, 2.24) is 9.97 Å². The van der Waals surface area contributed by atoms with Crippen LogP contribution in [-0.2, 0) is 11.8 Å². The zero-order valence-electron chi connectivity index (χ0n) is 12.1. The Kier molecular flexibility index (Phi) is 3.56. The van der Waals surface area contributed by atoms with Crippen molar-refractivity contribution in [2.45, 2.75) is 39.5 Å². The fourth-order valence-electron chi connectivity index (χ4n) is 1.95.